The summed E-state index contributed by atoms with van der Waals surface area (Å²) in [5.41, 5.74) is 3.84. The summed E-state index contributed by atoms with van der Waals surface area (Å²) in [6, 6.07) is 11.8. The SMILES string of the molecule is CN1CCN(CCO[C@H]2/C=C/CCC/[SH](=O)=N\C(=O)c3ccc4c(c3)N(Cc3ccc(Cl)cc3CCCCO4)C[C@@H]3CC[C@H]32)CC1. The molecule has 3 heterocycles. The van der Waals surface area contributed by atoms with E-state index in [1.54, 1.807) is 6.07 Å². The maximum Gasteiger partial charge on any atom is 0.284 e. The highest BCUT2D eigenvalue weighted by Crippen LogP contribution is 2.42. The van der Waals surface area contributed by atoms with E-state index >= 15 is 0 Å². The standard InChI is InChI=1S/C36H49ClN4O4S/c1-39-15-17-40(18-16-39)19-21-45-34-8-3-2-6-22-46(43)38-36(42)28-11-14-35-33(24-28)41(26-30-10-13-32(30)34)25-29-9-12-31(37)23-27(29)7-4-5-20-44-35/h3,8-9,11-12,14,23-24,30,32,34,46H,2,4-7,10,13,15-22,25-26H2,1H3/b8-3+/t30-,32+,34-/m0/s1. The smallest absolute Gasteiger partial charge is 0.284 e. The lowest BCUT2D eigenvalue weighted by atomic mass is 9.70. The number of hydrogen-bond acceptors (Lipinski definition) is 7. The van der Waals surface area contributed by atoms with Gasteiger partial charge >= 0.3 is 0 Å². The number of carbonyl (C=O) groups excluding carboxylic acids is 1. The monoisotopic (exact) mass is 668 g/mol. The largest absolute Gasteiger partial charge is 0.491 e. The number of allylic oxidation sites excluding steroid dienone is 1. The molecule has 3 aliphatic heterocycles. The van der Waals surface area contributed by atoms with Gasteiger partial charge in [-0.2, -0.15) is 4.36 Å². The van der Waals surface area contributed by atoms with Gasteiger partial charge in [-0.05, 0) is 105 Å². The molecule has 4 atom stereocenters. The molecule has 0 radical (unpaired) electrons. The first-order valence-electron chi connectivity index (χ1n) is 17.1. The van der Waals surface area contributed by atoms with E-state index in [0.29, 0.717) is 42.9 Å². The minimum Gasteiger partial charge on any atom is -0.491 e. The second-order valence-electron chi connectivity index (χ2n) is 13.3. The summed E-state index contributed by atoms with van der Waals surface area (Å²) < 4.78 is 30.0. The first-order chi connectivity index (χ1) is 22.4. The second kappa shape index (κ2) is 16.1. The average molecular weight is 669 g/mol. The molecule has 2 fully saturated rings. The molecule has 250 valence electrons. The summed E-state index contributed by atoms with van der Waals surface area (Å²) in [5.74, 6) is 1.57. The Morgan fingerprint density at radius 1 is 1.04 bits per heavy atom. The van der Waals surface area contributed by atoms with Crippen LogP contribution in [0.15, 0.2) is 52.9 Å². The van der Waals surface area contributed by atoms with Crippen molar-refractivity contribution in [1.82, 2.24) is 9.80 Å². The number of piperazine rings is 1. The normalized spacial score (nSPS) is 28.0. The molecule has 8 nitrogen and oxygen atoms in total. The summed E-state index contributed by atoms with van der Waals surface area (Å²) >= 11 is 6.47. The Bertz CT molecular complexity index is 1470. The Hall–Kier alpha value is -2.43. The van der Waals surface area contributed by atoms with E-state index < -0.39 is 16.5 Å². The lowest BCUT2D eigenvalue weighted by Gasteiger charge is -2.44. The Balaban J connectivity index is 1.31. The Labute approximate surface area is 281 Å². The number of rotatable bonds is 4. The first kappa shape index (κ1) is 33.5. The van der Waals surface area contributed by atoms with Crippen LogP contribution >= 0.6 is 11.6 Å². The van der Waals surface area contributed by atoms with E-state index in [1.165, 1.54) is 11.1 Å². The van der Waals surface area contributed by atoms with E-state index in [-0.39, 0.29) is 6.10 Å². The number of benzene rings is 2. The van der Waals surface area contributed by atoms with E-state index in [1.807, 2.05) is 18.2 Å². The van der Waals surface area contributed by atoms with Crippen LogP contribution in [-0.2, 0) is 28.3 Å². The number of ether oxygens (including phenoxy) is 2. The molecule has 46 heavy (non-hydrogen) atoms. The van der Waals surface area contributed by atoms with Gasteiger partial charge in [0.15, 0.2) is 0 Å². The van der Waals surface area contributed by atoms with Crippen LogP contribution in [0.1, 0.15) is 60.0 Å². The highest BCUT2D eigenvalue weighted by Gasteiger charge is 2.38. The lowest BCUT2D eigenvalue weighted by Crippen LogP contribution is -2.46. The zero-order valence-corrected chi connectivity index (χ0v) is 28.8. The molecule has 2 aromatic carbocycles. The maximum absolute atomic E-state index is 13.2. The fourth-order valence-electron chi connectivity index (χ4n) is 7.09. The van der Waals surface area contributed by atoms with E-state index in [2.05, 4.69) is 50.4 Å². The van der Waals surface area contributed by atoms with Crippen LogP contribution < -0.4 is 9.64 Å². The molecule has 1 aliphatic carbocycles. The summed E-state index contributed by atoms with van der Waals surface area (Å²) in [5, 5.41) is 0.754. The predicted molar refractivity (Wildman–Crippen MR) is 187 cm³/mol. The van der Waals surface area contributed by atoms with Crippen molar-refractivity contribution in [3.05, 3.63) is 70.3 Å². The van der Waals surface area contributed by atoms with Crippen LogP contribution in [-0.4, -0.2) is 91.3 Å². The Morgan fingerprint density at radius 3 is 2.74 bits per heavy atom. The molecule has 10 heteroatoms. The van der Waals surface area contributed by atoms with Crippen LogP contribution in [0.25, 0.3) is 0 Å². The fraction of sp³-hybridized carbons (Fsp3) is 0.583. The van der Waals surface area contributed by atoms with Crippen LogP contribution in [0, 0.1) is 11.8 Å². The van der Waals surface area contributed by atoms with Gasteiger partial charge < -0.3 is 19.3 Å². The summed E-state index contributed by atoms with van der Waals surface area (Å²) in [7, 11) is 0.210. The summed E-state index contributed by atoms with van der Waals surface area (Å²) in [6.45, 7) is 8.14. The van der Waals surface area contributed by atoms with Gasteiger partial charge in [-0.25, -0.2) is 0 Å². The third kappa shape index (κ3) is 8.72. The van der Waals surface area contributed by atoms with Crippen molar-refractivity contribution < 1.29 is 18.5 Å². The molecule has 2 aromatic rings. The number of halogens is 1. The molecular weight excluding hydrogens is 620 g/mol. The zero-order chi connectivity index (χ0) is 31.9. The number of fused-ring (bicyclic) bond motifs is 3. The number of aryl methyl sites for hydroxylation is 1. The van der Waals surface area contributed by atoms with Crippen molar-refractivity contribution in [1.29, 1.82) is 0 Å². The third-order valence-electron chi connectivity index (χ3n) is 10.1. The van der Waals surface area contributed by atoms with Crippen LogP contribution in [0.5, 0.6) is 5.75 Å². The third-order valence-corrected chi connectivity index (χ3v) is 11.4. The molecule has 2 bridgehead atoms. The van der Waals surface area contributed by atoms with Gasteiger partial charge in [-0.15, -0.1) is 0 Å². The van der Waals surface area contributed by atoms with Crippen molar-refractivity contribution in [2.45, 2.75) is 57.6 Å². The molecule has 1 saturated heterocycles. The van der Waals surface area contributed by atoms with E-state index in [0.717, 1.165) is 101 Å². The van der Waals surface area contributed by atoms with Crippen LogP contribution in [0.4, 0.5) is 5.69 Å². The molecule has 0 spiro atoms. The van der Waals surface area contributed by atoms with Gasteiger partial charge in [0.05, 0.1) is 25.0 Å². The zero-order valence-electron chi connectivity index (χ0n) is 27.1. The number of nitrogens with zero attached hydrogens (tertiary/aromatic N) is 4. The van der Waals surface area contributed by atoms with Gasteiger partial charge in [-0.3, -0.25) is 13.9 Å². The van der Waals surface area contributed by atoms with Crippen molar-refractivity contribution in [2.75, 3.05) is 70.2 Å². The number of anilines is 1. The molecular formula is C36H49ClN4O4S. The number of hydrogen-bond donors (Lipinski definition) is 1. The van der Waals surface area contributed by atoms with Crippen molar-refractivity contribution >= 4 is 33.8 Å². The molecule has 1 saturated carbocycles. The molecule has 1 amide bonds. The summed E-state index contributed by atoms with van der Waals surface area (Å²) in [6.07, 6.45) is 11.1. The highest BCUT2D eigenvalue weighted by atomic mass is 35.5. The topological polar surface area (TPSA) is 74.7 Å². The number of thiol groups is 1. The quantitative estimate of drug-likeness (QED) is 0.323. The predicted octanol–water partition coefficient (Wildman–Crippen LogP) is 5.88. The molecule has 0 aromatic heterocycles. The van der Waals surface area contributed by atoms with Crippen molar-refractivity contribution in [3.63, 3.8) is 0 Å². The minimum atomic E-state index is -1.98. The van der Waals surface area contributed by atoms with Gasteiger partial charge in [0.25, 0.3) is 5.91 Å². The van der Waals surface area contributed by atoms with Crippen molar-refractivity contribution in [2.24, 2.45) is 16.2 Å². The van der Waals surface area contributed by atoms with Gasteiger partial charge in [0.1, 0.15) is 5.75 Å². The maximum atomic E-state index is 13.2. The Kier molecular flexibility index (Phi) is 11.7. The fourth-order valence-corrected chi connectivity index (χ4v) is 8.15. The number of carbonyl (C=O) groups is 1. The molecule has 4 aliphatic rings. The van der Waals surface area contributed by atoms with E-state index in [9.17, 15) is 9.00 Å². The van der Waals surface area contributed by atoms with E-state index in [4.69, 9.17) is 21.1 Å². The number of likely N-dealkylation sites (N-methyl/N-ethyl adjacent to an activating group) is 1. The first-order valence-corrected chi connectivity index (χ1v) is 18.9. The molecule has 0 N–H and O–H groups in total. The summed E-state index contributed by atoms with van der Waals surface area (Å²) in [4.78, 5) is 20.5. The second-order valence-corrected chi connectivity index (χ2v) is 15.1. The van der Waals surface area contributed by atoms with Crippen LogP contribution in [0.2, 0.25) is 5.02 Å². The van der Waals surface area contributed by atoms with Gasteiger partial charge in [-0.1, -0.05) is 29.8 Å². The Morgan fingerprint density at radius 2 is 1.91 bits per heavy atom. The molecule has 6 rings (SSSR count). The van der Waals surface area contributed by atoms with Crippen molar-refractivity contribution in [3.8, 4) is 5.75 Å². The van der Waals surface area contributed by atoms with Gasteiger partial charge in [0, 0.05) is 72.7 Å². The lowest BCUT2D eigenvalue weighted by molar-refractivity contribution is -0.0234. The average Bonchev–Trinajstić information content (AvgIpc) is 3.06. The van der Waals surface area contributed by atoms with Gasteiger partial charge in [0.2, 0.25) is 0 Å². The highest BCUT2D eigenvalue weighted by molar-refractivity contribution is 7.75. The van der Waals surface area contributed by atoms with Crippen LogP contribution in [0.3, 0.4) is 0 Å². The molecule has 1 unspecified atom stereocenters. The number of amides is 1. The minimum absolute atomic E-state index is 0.0382.